The van der Waals surface area contributed by atoms with Gasteiger partial charge in [0.05, 0.1) is 19.0 Å². The van der Waals surface area contributed by atoms with Gasteiger partial charge in [-0.3, -0.25) is 24.6 Å². The van der Waals surface area contributed by atoms with E-state index in [1.54, 1.807) is 12.1 Å². The van der Waals surface area contributed by atoms with Crippen molar-refractivity contribution >= 4 is 39.3 Å². The molecular formula is C13H14BrN3O3. The Morgan fingerprint density at radius 3 is 2.55 bits per heavy atom. The number of hydrogen-bond acceptors (Lipinski definition) is 4. The standard InChI is InChI=1S/C13H14BrN3O3/c1-17-12(19)6-10(13(17)20)15-7-11(18)16-9-4-2-8(14)3-5-9/h2-5,10,15H,6-7H2,1H3,(H,16,18). The third-order valence-corrected chi connectivity index (χ3v) is 3.55. The van der Waals surface area contributed by atoms with E-state index in [-0.39, 0.29) is 30.7 Å². The van der Waals surface area contributed by atoms with Crippen LogP contribution in [-0.4, -0.2) is 42.3 Å². The zero-order chi connectivity index (χ0) is 14.7. The topological polar surface area (TPSA) is 78.5 Å². The molecule has 20 heavy (non-hydrogen) atoms. The van der Waals surface area contributed by atoms with Crippen LogP contribution in [0.2, 0.25) is 0 Å². The van der Waals surface area contributed by atoms with Gasteiger partial charge in [0.2, 0.25) is 17.7 Å². The fourth-order valence-corrected chi connectivity index (χ4v) is 2.13. The Labute approximate surface area is 124 Å². The van der Waals surface area contributed by atoms with Gasteiger partial charge in [-0.2, -0.15) is 0 Å². The number of likely N-dealkylation sites (N-methyl/N-ethyl adjacent to an activating group) is 1. The predicted octanol–water partition coefficient (Wildman–Crippen LogP) is 0.735. The van der Waals surface area contributed by atoms with Crippen molar-refractivity contribution in [2.24, 2.45) is 0 Å². The molecule has 106 valence electrons. The van der Waals surface area contributed by atoms with Crippen LogP contribution in [0.3, 0.4) is 0 Å². The smallest absolute Gasteiger partial charge is 0.246 e. The molecule has 1 heterocycles. The van der Waals surface area contributed by atoms with Gasteiger partial charge in [-0.25, -0.2) is 0 Å². The van der Waals surface area contributed by atoms with E-state index >= 15 is 0 Å². The normalized spacial score (nSPS) is 18.5. The number of benzene rings is 1. The first-order valence-corrected chi connectivity index (χ1v) is 6.86. The highest BCUT2D eigenvalue weighted by molar-refractivity contribution is 9.10. The van der Waals surface area contributed by atoms with Crippen molar-refractivity contribution in [2.75, 3.05) is 18.9 Å². The van der Waals surface area contributed by atoms with E-state index in [1.807, 2.05) is 12.1 Å². The van der Waals surface area contributed by atoms with Crippen molar-refractivity contribution in [3.05, 3.63) is 28.7 Å². The lowest BCUT2D eigenvalue weighted by Crippen LogP contribution is -2.41. The van der Waals surface area contributed by atoms with E-state index in [0.29, 0.717) is 5.69 Å². The summed E-state index contributed by atoms with van der Waals surface area (Å²) in [5, 5.41) is 5.49. The van der Waals surface area contributed by atoms with Crippen molar-refractivity contribution in [2.45, 2.75) is 12.5 Å². The Balaban J connectivity index is 1.82. The Hall–Kier alpha value is -1.73. The summed E-state index contributed by atoms with van der Waals surface area (Å²) >= 11 is 3.31. The molecule has 1 saturated heterocycles. The first-order valence-electron chi connectivity index (χ1n) is 6.06. The maximum atomic E-state index is 11.7. The molecule has 1 fully saturated rings. The van der Waals surface area contributed by atoms with E-state index in [0.717, 1.165) is 9.37 Å². The molecule has 0 spiro atoms. The minimum Gasteiger partial charge on any atom is -0.325 e. The zero-order valence-electron chi connectivity index (χ0n) is 10.9. The lowest BCUT2D eigenvalue weighted by Gasteiger charge is -2.11. The van der Waals surface area contributed by atoms with Crippen LogP contribution in [0.15, 0.2) is 28.7 Å². The van der Waals surface area contributed by atoms with Crippen LogP contribution < -0.4 is 10.6 Å². The summed E-state index contributed by atoms with van der Waals surface area (Å²) in [4.78, 5) is 35.8. The summed E-state index contributed by atoms with van der Waals surface area (Å²) in [6.07, 6.45) is 0.0981. The highest BCUT2D eigenvalue weighted by Crippen LogP contribution is 2.14. The van der Waals surface area contributed by atoms with E-state index in [9.17, 15) is 14.4 Å². The number of amides is 3. The highest BCUT2D eigenvalue weighted by Gasteiger charge is 2.35. The second-order valence-electron chi connectivity index (χ2n) is 4.48. The molecule has 1 atom stereocenters. The third kappa shape index (κ3) is 3.43. The lowest BCUT2D eigenvalue weighted by atomic mass is 10.2. The second-order valence-corrected chi connectivity index (χ2v) is 5.40. The first kappa shape index (κ1) is 14.7. The van der Waals surface area contributed by atoms with Gasteiger partial charge in [-0.15, -0.1) is 0 Å². The molecule has 1 unspecified atom stereocenters. The molecule has 6 nitrogen and oxygen atoms in total. The maximum absolute atomic E-state index is 11.7. The van der Waals surface area contributed by atoms with Crippen LogP contribution >= 0.6 is 15.9 Å². The average molecular weight is 340 g/mol. The molecule has 0 aliphatic carbocycles. The van der Waals surface area contributed by atoms with Crippen molar-refractivity contribution in [1.82, 2.24) is 10.2 Å². The molecule has 0 radical (unpaired) electrons. The third-order valence-electron chi connectivity index (χ3n) is 3.02. The molecule has 2 N–H and O–H groups in total. The number of carbonyl (C=O) groups excluding carboxylic acids is 3. The number of likely N-dealkylation sites (tertiary alicyclic amines) is 1. The summed E-state index contributed by atoms with van der Waals surface area (Å²) in [5.41, 5.74) is 0.672. The number of anilines is 1. The number of halogens is 1. The molecule has 1 aromatic rings. The summed E-state index contributed by atoms with van der Waals surface area (Å²) in [6.45, 7) is -0.0202. The molecular weight excluding hydrogens is 326 g/mol. The van der Waals surface area contributed by atoms with Gasteiger partial charge < -0.3 is 5.32 Å². The van der Waals surface area contributed by atoms with Crippen LogP contribution in [0.5, 0.6) is 0 Å². The molecule has 0 aromatic heterocycles. The van der Waals surface area contributed by atoms with Crippen LogP contribution in [0.4, 0.5) is 5.69 Å². The molecule has 3 amide bonds. The van der Waals surface area contributed by atoms with Gasteiger partial charge in [0.25, 0.3) is 0 Å². The molecule has 1 aliphatic heterocycles. The SMILES string of the molecule is CN1C(=O)CC(NCC(=O)Nc2ccc(Br)cc2)C1=O. The Kier molecular flexibility index (Phi) is 4.51. The molecule has 1 aromatic carbocycles. The van der Waals surface area contributed by atoms with Gasteiger partial charge in [-0.05, 0) is 24.3 Å². The fourth-order valence-electron chi connectivity index (χ4n) is 1.87. The van der Waals surface area contributed by atoms with Crippen LogP contribution in [0, 0.1) is 0 Å². The van der Waals surface area contributed by atoms with E-state index in [1.165, 1.54) is 7.05 Å². The largest absolute Gasteiger partial charge is 0.325 e. The van der Waals surface area contributed by atoms with Gasteiger partial charge >= 0.3 is 0 Å². The van der Waals surface area contributed by atoms with Crippen LogP contribution in [0.25, 0.3) is 0 Å². The number of rotatable bonds is 4. The first-order chi connectivity index (χ1) is 9.47. The summed E-state index contributed by atoms with van der Waals surface area (Å²) in [7, 11) is 1.44. The average Bonchev–Trinajstić information content (AvgIpc) is 2.66. The molecule has 0 bridgehead atoms. The summed E-state index contributed by atoms with van der Waals surface area (Å²) in [6, 6.07) is 6.55. The molecule has 2 rings (SSSR count). The van der Waals surface area contributed by atoms with Crippen molar-refractivity contribution < 1.29 is 14.4 Å². The lowest BCUT2D eigenvalue weighted by molar-refractivity contribution is -0.137. The van der Waals surface area contributed by atoms with Crippen molar-refractivity contribution in [3.63, 3.8) is 0 Å². The Morgan fingerprint density at radius 1 is 1.35 bits per heavy atom. The van der Waals surface area contributed by atoms with Gasteiger partial charge in [-0.1, -0.05) is 15.9 Å². The van der Waals surface area contributed by atoms with E-state index < -0.39 is 6.04 Å². The minimum atomic E-state index is -0.608. The molecule has 1 aliphatic rings. The number of carbonyl (C=O) groups is 3. The quantitative estimate of drug-likeness (QED) is 0.793. The number of hydrogen-bond donors (Lipinski definition) is 2. The predicted molar refractivity (Wildman–Crippen MR) is 77.0 cm³/mol. The van der Waals surface area contributed by atoms with Gasteiger partial charge in [0.1, 0.15) is 0 Å². The minimum absolute atomic E-state index is 0.0202. The number of nitrogens with zero attached hydrogens (tertiary/aromatic N) is 1. The highest BCUT2D eigenvalue weighted by atomic mass is 79.9. The molecule has 0 saturated carbocycles. The van der Waals surface area contributed by atoms with Gasteiger partial charge in [0, 0.05) is 17.2 Å². The van der Waals surface area contributed by atoms with E-state index in [2.05, 4.69) is 26.6 Å². The monoisotopic (exact) mass is 339 g/mol. The maximum Gasteiger partial charge on any atom is 0.246 e. The van der Waals surface area contributed by atoms with Crippen molar-refractivity contribution in [1.29, 1.82) is 0 Å². The second kappa shape index (κ2) is 6.15. The fraction of sp³-hybridized carbons (Fsp3) is 0.308. The van der Waals surface area contributed by atoms with Crippen LogP contribution in [-0.2, 0) is 14.4 Å². The van der Waals surface area contributed by atoms with Crippen LogP contribution in [0.1, 0.15) is 6.42 Å². The molecule has 7 heteroatoms. The Morgan fingerprint density at radius 2 is 2.00 bits per heavy atom. The van der Waals surface area contributed by atoms with Crippen molar-refractivity contribution in [3.8, 4) is 0 Å². The summed E-state index contributed by atoms with van der Waals surface area (Å²) in [5.74, 6) is -0.797. The summed E-state index contributed by atoms with van der Waals surface area (Å²) < 4.78 is 0.923. The number of nitrogens with one attached hydrogen (secondary N) is 2. The Bertz CT molecular complexity index is 544. The number of imide groups is 1. The van der Waals surface area contributed by atoms with E-state index in [4.69, 9.17) is 0 Å². The van der Waals surface area contributed by atoms with Gasteiger partial charge in [0.15, 0.2) is 0 Å². The zero-order valence-corrected chi connectivity index (χ0v) is 12.4.